The Balaban J connectivity index is 1.87. The molecule has 1 aromatic heterocycles. The smallest absolute Gasteiger partial charge is 0.340 e. The molecule has 0 radical (unpaired) electrons. The van der Waals surface area contributed by atoms with Crippen LogP contribution in [0.4, 0.5) is 0 Å². The molecule has 1 aromatic rings. The minimum Gasteiger partial charge on any atom is -0.452 e. The van der Waals surface area contributed by atoms with Crippen LogP contribution in [0.5, 0.6) is 0 Å². The van der Waals surface area contributed by atoms with Gasteiger partial charge < -0.3 is 10.1 Å². The normalized spacial score (nSPS) is 23.0. The molecule has 1 atom stereocenters. The second-order valence-corrected chi connectivity index (χ2v) is 8.52. The Morgan fingerprint density at radius 3 is 2.77 bits per heavy atom. The van der Waals surface area contributed by atoms with Gasteiger partial charge >= 0.3 is 5.97 Å². The van der Waals surface area contributed by atoms with Gasteiger partial charge in [-0.3, -0.25) is 9.78 Å². The van der Waals surface area contributed by atoms with Crippen LogP contribution in [0.1, 0.15) is 23.7 Å². The minimum atomic E-state index is -3.11. The van der Waals surface area contributed by atoms with E-state index in [1.807, 2.05) is 0 Å². The molecule has 120 valence electrons. The molecule has 0 saturated carbocycles. The summed E-state index contributed by atoms with van der Waals surface area (Å²) < 4.78 is 28.4. The van der Waals surface area contributed by atoms with Gasteiger partial charge in [-0.05, 0) is 35.3 Å². The third-order valence-electron chi connectivity index (χ3n) is 3.22. The van der Waals surface area contributed by atoms with Crippen molar-refractivity contribution in [2.45, 2.75) is 18.9 Å². The molecule has 9 heteroatoms. The van der Waals surface area contributed by atoms with E-state index in [-0.39, 0.29) is 17.1 Å². The molecule has 0 bridgehead atoms. The number of hydrogen-bond donors (Lipinski definition) is 1. The third-order valence-corrected chi connectivity index (χ3v) is 5.56. The lowest BCUT2D eigenvalue weighted by molar-refractivity contribution is -0.125. The number of ether oxygens (including phenoxy) is 1. The Bertz CT molecular complexity index is 706. The molecular weight excluding hydrogens is 376 g/mol. The number of rotatable bonds is 4. The number of amides is 1. The van der Waals surface area contributed by atoms with Crippen molar-refractivity contribution < 1.29 is 22.7 Å². The van der Waals surface area contributed by atoms with Gasteiger partial charge in [-0.15, -0.1) is 0 Å². The number of esters is 1. The highest BCUT2D eigenvalue weighted by Gasteiger charge is 2.39. The van der Waals surface area contributed by atoms with Crippen LogP contribution >= 0.6 is 15.9 Å². The van der Waals surface area contributed by atoms with Gasteiger partial charge in [-0.25, -0.2) is 13.2 Å². The maximum atomic E-state index is 11.8. The number of halogens is 1. The van der Waals surface area contributed by atoms with Gasteiger partial charge in [0, 0.05) is 16.9 Å². The number of hydrogen-bond acceptors (Lipinski definition) is 6. The maximum absolute atomic E-state index is 11.8. The first-order valence-electron chi connectivity index (χ1n) is 6.48. The molecule has 1 aliphatic heterocycles. The molecular formula is C13H15BrN2O5S. The topological polar surface area (TPSA) is 102 Å². The number of pyridine rings is 1. The van der Waals surface area contributed by atoms with Gasteiger partial charge in [-0.1, -0.05) is 0 Å². The summed E-state index contributed by atoms with van der Waals surface area (Å²) in [5.41, 5.74) is -0.587. The van der Waals surface area contributed by atoms with Gasteiger partial charge in [-0.2, -0.15) is 0 Å². The van der Waals surface area contributed by atoms with E-state index in [0.29, 0.717) is 10.9 Å². The van der Waals surface area contributed by atoms with Gasteiger partial charge in [0.2, 0.25) is 0 Å². The summed E-state index contributed by atoms with van der Waals surface area (Å²) in [7, 11) is -3.11. The summed E-state index contributed by atoms with van der Waals surface area (Å²) in [6.45, 7) is 1.19. The SMILES string of the molecule is C[C@@]1(NC(=O)COC(=O)c2cncc(Br)c2)CCS(=O)(=O)C1. The number of aromatic nitrogens is 1. The Labute approximate surface area is 136 Å². The average molecular weight is 391 g/mol. The van der Waals surface area contributed by atoms with E-state index in [0.717, 1.165) is 0 Å². The van der Waals surface area contributed by atoms with Gasteiger partial charge in [0.15, 0.2) is 16.4 Å². The van der Waals surface area contributed by atoms with Crippen LogP contribution < -0.4 is 5.32 Å². The Kier molecular flexibility index (Phi) is 4.86. The largest absolute Gasteiger partial charge is 0.452 e. The summed E-state index contributed by atoms with van der Waals surface area (Å²) in [6, 6.07) is 1.53. The molecule has 2 rings (SSSR count). The van der Waals surface area contributed by atoms with Crippen molar-refractivity contribution in [3.63, 3.8) is 0 Å². The molecule has 0 unspecified atom stereocenters. The highest BCUT2D eigenvalue weighted by Crippen LogP contribution is 2.22. The first-order valence-corrected chi connectivity index (χ1v) is 9.10. The van der Waals surface area contributed by atoms with E-state index in [4.69, 9.17) is 4.74 Å². The standard InChI is InChI=1S/C13H15BrN2O5S/c1-13(2-3-22(19,20)8-13)16-11(17)7-21-12(18)9-4-10(14)6-15-5-9/h4-6H,2-3,7-8H2,1H3,(H,16,17)/t13-/m1/s1. The molecule has 0 spiro atoms. The summed E-state index contributed by atoms with van der Waals surface area (Å²) >= 11 is 3.18. The average Bonchev–Trinajstić information content (AvgIpc) is 2.69. The Morgan fingerprint density at radius 2 is 2.18 bits per heavy atom. The van der Waals surface area contributed by atoms with Crippen molar-refractivity contribution in [1.29, 1.82) is 0 Å². The number of carbonyl (C=O) groups is 2. The van der Waals surface area contributed by atoms with Crippen LogP contribution in [-0.2, 0) is 19.4 Å². The van der Waals surface area contributed by atoms with Crippen LogP contribution in [0.3, 0.4) is 0 Å². The quantitative estimate of drug-likeness (QED) is 0.758. The van der Waals surface area contributed by atoms with Crippen LogP contribution in [0, 0.1) is 0 Å². The molecule has 1 N–H and O–H groups in total. The minimum absolute atomic E-state index is 0.0489. The Hall–Kier alpha value is -1.48. The van der Waals surface area contributed by atoms with Crippen LogP contribution in [0.2, 0.25) is 0 Å². The summed E-state index contributed by atoms with van der Waals surface area (Å²) in [4.78, 5) is 27.4. The molecule has 1 saturated heterocycles. The zero-order valence-electron chi connectivity index (χ0n) is 11.8. The molecule has 2 heterocycles. The summed E-state index contributed by atoms with van der Waals surface area (Å²) in [6.07, 6.45) is 3.20. The van der Waals surface area contributed by atoms with Crippen molar-refractivity contribution in [1.82, 2.24) is 10.3 Å². The zero-order chi connectivity index (χ0) is 16.4. The monoisotopic (exact) mass is 390 g/mol. The number of carbonyl (C=O) groups excluding carboxylic acids is 2. The van der Waals surface area contributed by atoms with E-state index >= 15 is 0 Å². The number of nitrogens with one attached hydrogen (secondary N) is 1. The van der Waals surface area contributed by atoms with Crippen LogP contribution in [-0.4, -0.2) is 48.9 Å². The predicted molar refractivity (Wildman–Crippen MR) is 82.0 cm³/mol. The molecule has 0 aliphatic carbocycles. The summed E-state index contributed by atoms with van der Waals surface area (Å²) in [5, 5.41) is 2.61. The van der Waals surface area contributed by atoms with Crippen molar-refractivity contribution in [3.8, 4) is 0 Å². The lowest BCUT2D eigenvalue weighted by Gasteiger charge is -2.23. The van der Waals surface area contributed by atoms with Crippen molar-refractivity contribution in [2.75, 3.05) is 18.1 Å². The van der Waals surface area contributed by atoms with Crippen molar-refractivity contribution in [3.05, 3.63) is 28.5 Å². The van der Waals surface area contributed by atoms with E-state index in [1.54, 1.807) is 6.92 Å². The number of sulfone groups is 1. The highest BCUT2D eigenvalue weighted by atomic mass is 79.9. The van der Waals surface area contributed by atoms with E-state index in [2.05, 4.69) is 26.2 Å². The lowest BCUT2D eigenvalue weighted by atomic mass is 10.0. The van der Waals surface area contributed by atoms with Crippen LogP contribution in [0.15, 0.2) is 22.9 Å². The first-order chi connectivity index (χ1) is 10.2. The fourth-order valence-electron chi connectivity index (χ4n) is 2.22. The van der Waals surface area contributed by atoms with Gasteiger partial charge in [0.25, 0.3) is 5.91 Å². The maximum Gasteiger partial charge on any atom is 0.340 e. The molecule has 22 heavy (non-hydrogen) atoms. The molecule has 7 nitrogen and oxygen atoms in total. The molecule has 1 amide bonds. The fourth-order valence-corrected chi connectivity index (χ4v) is 4.68. The fraction of sp³-hybridized carbons (Fsp3) is 0.462. The van der Waals surface area contributed by atoms with Crippen molar-refractivity contribution in [2.24, 2.45) is 0 Å². The molecule has 1 fully saturated rings. The van der Waals surface area contributed by atoms with E-state index < -0.39 is 33.9 Å². The second kappa shape index (κ2) is 6.33. The van der Waals surface area contributed by atoms with Crippen LogP contribution in [0.25, 0.3) is 0 Å². The second-order valence-electron chi connectivity index (χ2n) is 5.42. The third kappa shape index (κ3) is 4.51. The molecule has 0 aromatic carbocycles. The zero-order valence-corrected chi connectivity index (χ0v) is 14.2. The number of nitrogens with zero attached hydrogens (tertiary/aromatic N) is 1. The molecule has 1 aliphatic rings. The van der Waals surface area contributed by atoms with Crippen molar-refractivity contribution >= 4 is 37.6 Å². The predicted octanol–water partition coefficient (Wildman–Crippen LogP) is 0.694. The first kappa shape index (κ1) is 16.9. The van der Waals surface area contributed by atoms with Gasteiger partial charge in [0.05, 0.1) is 22.6 Å². The van der Waals surface area contributed by atoms with E-state index in [1.165, 1.54) is 18.5 Å². The van der Waals surface area contributed by atoms with E-state index in [9.17, 15) is 18.0 Å². The lowest BCUT2D eigenvalue weighted by Crippen LogP contribution is -2.48. The van der Waals surface area contributed by atoms with Gasteiger partial charge in [0.1, 0.15) is 0 Å². The highest BCUT2D eigenvalue weighted by molar-refractivity contribution is 9.10. The Morgan fingerprint density at radius 1 is 1.45 bits per heavy atom. The summed E-state index contributed by atoms with van der Waals surface area (Å²) in [5.74, 6) is -1.26.